The molecule has 3 aromatic rings. The molecule has 0 saturated heterocycles. The molecule has 8 heteroatoms. The normalized spacial score (nSPS) is 15.4. The lowest BCUT2D eigenvalue weighted by Crippen LogP contribution is -2.36. The lowest BCUT2D eigenvalue weighted by Gasteiger charge is -2.10. The molecule has 0 bridgehead atoms. The van der Waals surface area contributed by atoms with E-state index >= 15 is 0 Å². The lowest BCUT2D eigenvalue weighted by molar-refractivity contribution is 0.0923. The fourth-order valence-corrected chi connectivity index (χ4v) is 3.18. The molecule has 1 aliphatic rings. The molecule has 0 radical (unpaired) electrons. The van der Waals surface area contributed by atoms with Crippen molar-refractivity contribution in [3.05, 3.63) is 71.3 Å². The van der Waals surface area contributed by atoms with Crippen LogP contribution in [0.15, 0.2) is 48.7 Å². The molecule has 1 atom stereocenters. The molecule has 0 fully saturated rings. The van der Waals surface area contributed by atoms with Crippen molar-refractivity contribution in [1.82, 2.24) is 30.2 Å². The Morgan fingerprint density at radius 1 is 1.11 bits per heavy atom. The second-order valence-corrected chi connectivity index (χ2v) is 6.62. The first-order chi connectivity index (χ1) is 13.1. The number of nitrogens with zero attached hydrogens (tertiary/aromatic N) is 4. The Balaban J connectivity index is 1.33. The summed E-state index contributed by atoms with van der Waals surface area (Å²) >= 11 is 0. The average molecular weight is 364 g/mol. The van der Waals surface area contributed by atoms with E-state index in [1.807, 2.05) is 30.3 Å². The first-order valence-electron chi connectivity index (χ1n) is 8.78. The van der Waals surface area contributed by atoms with E-state index in [0.717, 1.165) is 11.3 Å². The molecule has 1 unspecified atom stereocenters. The molecule has 0 saturated carbocycles. The molecule has 8 nitrogen and oxygen atoms in total. The van der Waals surface area contributed by atoms with Gasteiger partial charge in [0.25, 0.3) is 11.8 Å². The van der Waals surface area contributed by atoms with E-state index in [-0.39, 0.29) is 17.9 Å². The van der Waals surface area contributed by atoms with Gasteiger partial charge >= 0.3 is 0 Å². The van der Waals surface area contributed by atoms with Gasteiger partial charge in [0, 0.05) is 31.9 Å². The van der Waals surface area contributed by atoms with E-state index in [9.17, 15) is 9.59 Å². The van der Waals surface area contributed by atoms with E-state index in [1.54, 1.807) is 34.7 Å². The van der Waals surface area contributed by atoms with Gasteiger partial charge in [-0.25, -0.2) is 0 Å². The average Bonchev–Trinajstić information content (AvgIpc) is 3.35. The fourth-order valence-electron chi connectivity index (χ4n) is 3.18. The second kappa shape index (κ2) is 7.06. The Morgan fingerprint density at radius 3 is 2.63 bits per heavy atom. The van der Waals surface area contributed by atoms with E-state index < -0.39 is 0 Å². The summed E-state index contributed by atoms with van der Waals surface area (Å²) in [4.78, 5) is 24.5. The molecule has 0 aliphatic carbocycles. The van der Waals surface area contributed by atoms with Crippen LogP contribution in [-0.2, 0) is 26.6 Å². The van der Waals surface area contributed by atoms with E-state index in [1.165, 1.54) is 0 Å². The standard InChI is InChI=1S/C19H20N6O2/c1-24-8-7-16(22-24)19(27)21-14-9-15-10-17(23-25(15)12-14)18(26)20-11-13-5-3-2-4-6-13/h2-8,10,14H,9,11-12H2,1H3,(H,20,26)(H,21,27). The van der Waals surface area contributed by atoms with E-state index in [4.69, 9.17) is 0 Å². The number of amides is 2. The van der Waals surface area contributed by atoms with Crippen molar-refractivity contribution in [2.75, 3.05) is 0 Å². The van der Waals surface area contributed by atoms with Gasteiger partial charge in [0.05, 0.1) is 12.6 Å². The van der Waals surface area contributed by atoms with Gasteiger partial charge in [-0.1, -0.05) is 30.3 Å². The van der Waals surface area contributed by atoms with Gasteiger partial charge in [0.2, 0.25) is 0 Å². The second-order valence-electron chi connectivity index (χ2n) is 6.62. The first kappa shape index (κ1) is 17.0. The number of fused-ring (bicyclic) bond motifs is 1. The van der Waals surface area contributed by atoms with Gasteiger partial charge in [-0.15, -0.1) is 0 Å². The van der Waals surface area contributed by atoms with Crippen molar-refractivity contribution in [1.29, 1.82) is 0 Å². The molecule has 1 aliphatic heterocycles. The van der Waals surface area contributed by atoms with Crippen LogP contribution in [0.25, 0.3) is 0 Å². The molecular weight excluding hydrogens is 344 g/mol. The number of rotatable bonds is 5. The molecule has 0 spiro atoms. The third-order valence-corrected chi connectivity index (χ3v) is 4.52. The minimum atomic E-state index is -0.202. The van der Waals surface area contributed by atoms with Crippen molar-refractivity contribution in [2.24, 2.45) is 7.05 Å². The number of benzene rings is 1. The maximum atomic E-state index is 12.3. The van der Waals surface area contributed by atoms with Crippen LogP contribution >= 0.6 is 0 Å². The predicted molar refractivity (Wildman–Crippen MR) is 98.0 cm³/mol. The Hall–Kier alpha value is -3.42. The summed E-state index contributed by atoms with van der Waals surface area (Å²) in [6, 6.07) is 13.1. The van der Waals surface area contributed by atoms with Crippen molar-refractivity contribution < 1.29 is 9.59 Å². The zero-order valence-electron chi connectivity index (χ0n) is 14.9. The molecule has 2 amide bonds. The molecule has 2 aromatic heterocycles. The van der Waals surface area contributed by atoms with Gasteiger partial charge in [-0.05, 0) is 17.7 Å². The van der Waals surface area contributed by atoms with Gasteiger partial charge in [0.15, 0.2) is 0 Å². The SMILES string of the molecule is Cn1ccc(C(=O)NC2Cc3cc(C(=O)NCc4ccccc4)nn3C2)n1. The van der Waals surface area contributed by atoms with Gasteiger partial charge < -0.3 is 10.6 Å². The van der Waals surface area contributed by atoms with Gasteiger partial charge in [-0.3, -0.25) is 19.0 Å². The van der Waals surface area contributed by atoms with Crippen molar-refractivity contribution in [3.63, 3.8) is 0 Å². The Labute approximate surface area is 156 Å². The van der Waals surface area contributed by atoms with Crippen molar-refractivity contribution in [2.45, 2.75) is 25.6 Å². The van der Waals surface area contributed by atoms with Crippen molar-refractivity contribution >= 4 is 11.8 Å². The maximum absolute atomic E-state index is 12.3. The summed E-state index contributed by atoms with van der Waals surface area (Å²) in [6.07, 6.45) is 2.37. The zero-order valence-corrected chi connectivity index (χ0v) is 14.9. The Morgan fingerprint density at radius 2 is 1.93 bits per heavy atom. The van der Waals surface area contributed by atoms with Gasteiger partial charge in [-0.2, -0.15) is 10.2 Å². The monoisotopic (exact) mass is 364 g/mol. The zero-order chi connectivity index (χ0) is 18.8. The largest absolute Gasteiger partial charge is 0.347 e. The topological polar surface area (TPSA) is 93.8 Å². The number of hydrogen-bond donors (Lipinski definition) is 2. The summed E-state index contributed by atoms with van der Waals surface area (Å²) in [5.41, 5.74) is 2.76. The number of carbonyl (C=O) groups excluding carboxylic acids is 2. The number of carbonyl (C=O) groups is 2. The van der Waals surface area contributed by atoms with Crippen molar-refractivity contribution in [3.8, 4) is 0 Å². The summed E-state index contributed by atoms with van der Waals surface area (Å²) in [5.74, 6) is -0.401. The molecule has 138 valence electrons. The summed E-state index contributed by atoms with van der Waals surface area (Å²) in [5, 5.41) is 14.3. The highest BCUT2D eigenvalue weighted by Crippen LogP contribution is 2.16. The molecule has 2 N–H and O–H groups in total. The van der Waals surface area contributed by atoms with Crippen LogP contribution in [0.3, 0.4) is 0 Å². The number of hydrogen-bond acceptors (Lipinski definition) is 4. The van der Waals surface area contributed by atoms with E-state index in [2.05, 4.69) is 20.8 Å². The van der Waals surface area contributed by atoms with E-state index in [0.29, 0.717) is 30.9 Å². The Kier molecular flexibility index (Phi) is 4.45. The number of aryl methyl sites for hydroxylation is 1. The van der Waals surface area contributed by atoms with Crippen LogP contribution < -0.4 is 10.6 Å². The first-order valence-corrected chi connectivity index (χ1v) is 8.78. The highest BCUT2D eigenvalue weighted by atomic mass is 16.2. The quantitative estimate of drug-likeness (QED) is 0.703. The van der Waals surface area contributed by atoms with Crippen LogP contribution in [-0.4, -0.2) is 37.4 Å². The molecule has 27 heavy (non-hydrogen) atoms. The van der Waals surface area contributed by atoms with Crippen LogP contribution in [0, 0.1) is 0 Å². The summed E-state index contributed by atoms with van der Waals surface area (Å²) in [7, 11) is 1.77. The third-order valence-electron chi connectivity index (χ3n) is 4.52. The minimum absolute atomic E-state index is 0.0524. The smallest absolute Gasteiger partial charge is 0.272 e. The molecule has 3 heterocycles. The summed E-state index contributed by atoms with van der Waals surface area (Å²) < 4.78 is 3.37. The third kappa shape index (κ3) is 3.74. The van der Waals surface area contributed by atoms with Gasteiger partial charge in [0.1, 0.15) is 11.4 Å². The predicted octanol–water partition coefficient (Wildman–Crippen LogP) is 0.901. The van der Waals surface area contributed by atoms with Crippen LogP contribution in [0.5, 0.6) is 0 Å². The fraction of sp³-hybridized carbons (Fsp3) is 0.263. The highest BCUT2D eigenvalue weighted by molar-refractivity contribution is 5.93. The molecular formula is C19H20N6O2. The van der Waals surface area contributed by atoms with Crippen LogP contribution in [0.1, 0.15) is 32.2 Å². The summed E-state index contributed by atoms with van der Waals surface area (Å²) in [6.45, 7) is 1.00. The lowest BCUT2D eigenvalue weighted by atomic mass is 10.2. The van der Waals surface area contributed by atoms with Crippen LogP contribution in [0.4, 0.5) is 0 Å². The molecule has 4 rings (SSSR count). The minimum Gasteiger partial charge on any atom is -0.347 e. The number of aromatic nitrogens is 4. The van der Waals surface area contributed by atoms with Crippen LogP contribution in [0.2, 0.25) is 0 Å². The maximum Gasteiger partial charge on any atom is 0.272 e. The number of nitrogens with one attached hydrogen (secondary N) is 2. The highest BCUT2D eigenvalue weighted by Gasteiger charge is 2.27. The Bertz CT molecular complexity index is 952. The molecule has 1 aromatic carbocycles.